The van der Waals surface area contributed by atoms with Crippen LogP contribution in [0.3, 0.4) is 0 Å². The molecule has 0 aliphatic heterocycles. The monoisotopic (exact) mass is 252 g/mol. The van der Waals surface area contributed by atoms with Crippen molar-refractivity contribution >= 4 is 17.2 Å². The second-order valence-corrected chi connectivity index (χ2v) is 4.37. The molecule has 0 bridgehead atoms. The van der Waals surface area contributed by atoms with E-state index in [1.54, 1.807) is 23.3 Å². The molecule has 1 heterocycles. The van der Waals surface area contributed by atoms with Crippen LogP contribution < -0.4 is 0 Å². The van der Waals surface area contributed by atoms with E-state index in [-0.39, 0.29) is 5.91 Å². The normalized spacial score (nSPS) is 9.88. The third kappa shape index (κ3) is 4.98. The average molecular weight is 252 g/mol. The molecule has 0 unspecified atom stereocenters. The number of methoxy groups -OCH3 is 1. The zero-order chi connectivity index (χ0) is 12.5. The number of rotatable bonds is 7. The lowest BCUT2D eigenvalue weighted by molar-refractivity contribution is -0.131. The van der Waals surface area contributed by atoms with Crippen LogP contribution in [-0.2, 0) is 16.0 Å². The Morgan fingerprint density at radius 2 is 2.41 bits per heavy atom. The van der Waals surface area contributed by atoms with Crippen LogP contribution in [0.15, 0.2) is 16.8 Å². The van der Waals surface area contributed by atoms with Crippen molar-refractivity contribution in [3.8, 4) is 6.07 Å². The third-order valence-electron chi connectivity index (χ3n) is 2.35. The van der Waals surface area contributed by atoms with Gasteiger partial charge in [-0.15, -0.1) is 0 Å². The van der Waals surface area contributed by atoms with Crippen molar-refractivity contribution in [3.63, 3.8) is 0 Å². The SMILES string of the molecule is COCCN(CCC#N)C(=O)Cc1ccsc1. The van der Waals surface area contributed by atoms with Gasteiger partial charge in [0.25, 0.3) is 0 Å². The van der Waals surface area contributed by atoms with Crippen molar-refractivity contribution in [2.45, 2.75) is 12.8 Å². The van der Waals surface area contributed by atoms with Gasteiger partial charge in [0.1, 0.15) is 0 Å². The quantitative estimate of drug-likeness (QED) is 0.742. The average Bonchev–Trinajstić information content (AvgIpc) is 2.82. The molecular formula is C12H16N2O2S. The summed E-state index contributed by atoms with van der Waals surface area (Å²) in [6, 6.07) is 4.00. The number of hydrogen-bond donors (Lipinski definition) is 0. The molecule has 5 heteroatoms. The number of amides is 1. The van der Waals surface area contributed by atoms with Crippen molar-refractivity contribution in [1.82, 2.24) is 4.90 Å². The van der Waals surface area contributed by atoms with Gasteiger partial charge >= 0.3 is 0 Å². The molecule has 1 aromatic heterocycles. The van der Waals surface area contributed by atoms with E-state index in [9.17, 15) is 4.79 Å². The van der Waals surface area contributed by atoms with Gasteiger partial charge in [-0.3, -0.25) is 4.79 Å². The summed E-state index contributed by atoms with van der Waals surface area (Å²) in [5.74, 6) is 0.0516. The van der Waals surface area contributed by atoms with Crippen LogP contribution in [0.25, 0.3) is 0 Å². The molecule has 4 nitrogen and oxygen atoms in total. The highest BCUT2D eigenvalue weighted by atomic mass is 32.1. The van der Waals surface area contributed by atoms with Crippen molar-refractivity contribution in [2.24, 2.45) is 0 Å². The highest BCUT2D eigenvalue weighted by molar-refractivity contribution is 7.07. The molecule has 0 atom stereocenters. The fourth-order valence-electron chi connectivity index (χ4n) is 1.43. The first kappa shape index (κ1) is 13.7. The number of hydrogen-bond acceptors (Lipinski definition) is 4. The van der Waals surface area contributed by atoms with Gasteiger partial charge in [0.2, 0.25) is 5.91 Å². The van der Waals surface area contributed by atoms with Crippen LogP contribution in [0.4, 0.5) is 0 Å². The van der Waals surface area contributed by atoms with Crippen molar-refractivity contribution in [1.29, 1.82) is 5.26 Å². The first-order valence-corrected chi connectivity index (χ1v) is 6.37. The van der Waals surface area contributed by atoms with E-state index in [1.807, 2.05) is 16.8 Å². The lowest BCUT2D eigenvalue weighted by Gasteiger charge is -2.20. The number of carbonyl (C=O) groups is 1. The number of ether oxygens (including phenoxy) is 1. The van der Waals surface area contributed by atoms with E-state index < -0.39 is 0 Å². The van der Waals surface area contributed by atoms with E-state index in [4.69, 9.17) is 10.00 Å². The Kier molecular flexibility index (Phi) is 6.30. The summed E-state index contributed by atoms with van der Waals surface area (Å²) in [5, 5.41) is 12.5. The Balaban J connectivity index is 2.49. The predicted octanol–water partition coefficient (Wildman–Crippen LogP) is 1.68. The van der Waals surface area contributed by atoms with E-state index in [2.05, 4.69) is 6.07 Å². The summed E-state index contributed by atoms with van der Waals surface area (Å²) in [4.78, 5) is 13.7. The molecule has 0 fully saturated rings. The minimum atomic E-state index is 0.0516. The minimum Gasteiger partial charge on any atom is -0.383 e. The third-order valence-corrected chi connectivity index (χ3v) is 3.08. The maximum Gasteiger partial charge on any atom is 0.227 e. The Hall–Kier alpha value is -1.38. The van der Waals surface area contributed by atoms with Gasteiger partial charge < -0.3 is 9.64 Å². The van der Waals surface area contributed by atoms with Crippen LogP contribution in [0, 0.1) is 11.3 Å². The largest absolute Gasteiger partial charge is 0.383 e. The van der Waals surface area contributed by atoms with Gasteiger partial charge in [-0.05, 0) is 22.4 Å². The molecule has 17 heavy (non-hydrogen) atoms. The fourth-order valence-corrected chi connectivity index (χ4v) is 2.10. The topological polar surface area (TPSA) is 53.3 Å². The van der Waals surface area contributed by atoms with Crippen LogP contribution >= 0.6 is 11.3 Å². The molecule has 92 valence electrons. The maximum absolute atomic E-state index is 12.0. The molecule has 0 spiro atoms. The molecular weight excluding hydrogens is 236 g/mol. The Labute approximate surface area is 105 Å². The van der Waals surface area contributed by atoms with Crippen LogP contribution in [-0.4, -0.2) is 37.6 Å². The van der Waals surface area contributed by atoms with Crippen LogP contribution in [0.5, 0.6) is 0 Å². The summed E-state index contributed by atoms with van der Waals surface area (Å²) in [7, 11) is 1.60. The summed E-state index contributed by atoms with van der Waals surface area (Å²) < 4.78 is 4.96. The Morgan fingerprint density at radius 3 is 3.00 bits per heavy atom. The predicted molar refractivity (Wildman–Crippen MR) is 66.7 cm³/mol. The van der Waals surface area contributed by atoms with Gasteiger partial charge in [-0.1, -0.05) is 0 Å². The first-order chi connectivity index (χ1) is 8.27. The molecule has 0 aromatic carbocycles. The maximum atomic E-state index is 12.0. The Bertz CT molecular complexity index is 370. The number of nitrogens with zero attached hydrogens (tertiary/aromatic N) is 2. The summed E-state index contributed by atoms with van der Waals surface area (Å²) in [6.07, 6.45) is 0.762. The zero-order valence-corrected chi connectivity index (χ0v) is 10.7. The van der Waals surface area contributed by atoms with Crippen molar-refractivity contribution in [2.75, 3.05) is 26.8 Å². The van der Waals surface area contributed by atoms with Gasteiger partial charge in [0.05, 0.1) is 25.5 Å². The van der Waals surface area contributed by atoms with Gasteiger partial charge in [0, 0.05) is 20.2 Å². The molecule has 1 rings (SSSR count). The van der Waals surface area contributed by atoms with E-state index >= 15 is 0 Å². The molecule has 0 aliphatic rings. The van der Waals surface area contributed by atoms with Gasteiger partial charge in [-0.25, -0.2) is 0 Å². The van der Waals surface area contributed by atoms with Crippen molar-refractivity contribution < 1.29 is 9.53 Å². The first-order valence-electron chi connectivity index (χ1n) is 5.42. The lowest BCUT2D eigenvalue weighted by Crippen LogP contribution is -2.35. The minimum absolute atomic E-state index is 0.0516. The molecule has 0 saturated heterocycles. The van der Waals surface area contributed by atoms with Crippen LogP contribution in [0.2, 0.25) is 0 Å². The Morgan fingerprint density at radius 1 is 1.59 bits per heavy atom. The van der Waals surface area contributed by atoms with Gasteiger partial charge in [-0.2, -0.15) is 16.6 Å². The number of nitriles is 1. The number of thiophene rings is 1. The molecule has 0 saturated carbocycles. The summed E-state index contributed by atoms with van der Waals surface area (Å²) >= 11 is 1.58. The van der Waals surface area contributed by atoms with Crippen molar-refractivity contribution in [3.05, 3.63) is 22.4 Å². The fraction of sp³-hybridized carbons (Fsp3) is 0.500. The molecule has 0 aliphatic carbocycles. The van der Waals surface area contributed by atoms with E-state index in [0.717, 1.165) is 5.56 Å². The zero-order valence-electron chi connectivity index (χ0n) is 9.89. The van der Waals surface area contributed by atoms with E-state index in [1.165, 1.54) is 0 Å². The second kappa shape index (κ2) is 7.82. The molecule has 0 N–H and O–H groups in total. The van der Waals surface area contributed by atoms with Crippen LogP contribution in [0.1, 0.15) is 12.0 Å². The van der Waals surface area contributed by atoms with Gasteiger partial charge in [0.15, 0.2) is 0 Å². The molecule has 1 aromatic rings. The number of carbonyl (C=O) groups excluding carboxylic acids is 1. The standard InChI is InChI=1S/C12H16N2O2S/c1-16-7-6-14(5-2-4-13)12(15)9-11-3-8-17-10-11/h3,8,10H,2,5-7,9H2,1H3. The highest BCUT2D eigenvalue weighted by Gasteiger charge is 2.13. The highest BCUT2D eigenvalue weighted by Crippen LogP contribution is 2.08. The van der Waals surface area contributed by atoms with E-state index in [0.29, 0.717) is 32.5 Å². The summed E-state index contributed by atoms with van der Waals surface area (Å²) in [5.41, 5.74) is 1.03. The lowest BCUT2D eigenvalue weighted by atomic mass is 10.2. The summed E-state index contributed by atoms with van der Waals surface area (Å²) in [6.45, 7) is 1.52. The molecule has 0 radical (unpaired) electrons. The molecule has 1 amide bonds. The second-order valence-electron chi connectivity index (χ2n) is 3.59. The smallest absolute Gasteiger partial charge is 0.227 e.